The van der Waals surface area contributed by atoms with E-state index in [1.807, 2.05) is 31.2 Å². The van der Waals surface area contributed by atoms with Gasteiger partial charge in [-0.3, -0.25) is 0 Å². The largest absolute Gasteiger partial charge is 0.494 e. The van der Waals surface area contributed by atoms with E-state index in [1.54, 1.807) is 0 Å². The average molecular weight is 291 g/mol. The number of ether oxygens (including phenoxy) is 2. The SMILES string of the molecule is CCOc1ccc(-c2ccc(OCCCCl)cc2)cc1. The molecule has 0 aliphatic rings. The van der Waals surface area contributed by atoms with Gasteiger partial charge >= 0.3 is 0 Å². The predicted octanol–water partition coefficient (Wildman–Crippen LogP) is 4.76. The number of halogens is 1. The van der Waals surface area contributed by atoms with Crippen molar-refractivity contribution in [2.24, 2.45) is 0 Å². The van der Waals surface area contributed by atoms with Crippen LogP contribution in [0.5, 0.6) is 11.5 Å². The minimum atomic E-state index is 0.629. The van der Waals surface area contributed by atoms with Crippen LogP contribution < -0.4 is 9.47 Å². The van der Waals surface area contributed by atoms with Crippen molar-refractivity contribution in [1.29, 1.82) is 0 Å². The van der Waals surface area contributed by atoms with Gasteiger partial charge in [-0.15, -0.1) is 11.6 Å². The number of hydrogen-bond acceptors (Lipinski definition) is 2. The first kappa shape index (κ1) is 14.7. The maximum absolute atomic E-state index is 5.62. The molecule has 2 rings (SSSR count). The van der Waals surface area contributed by atoms with Crippen LogP contribution in [-0.4, -0.2) is 19.1 Å². The molecule has 0 amide bonds. The quantitative estimate of drug-likeness (QED) is 0.541. The molecule has 2 aromatic rings. The van der Waals surface area contributed by atoms with Crippen LogP contribution in [0.15, 0.2) is 48.5 Å². The highest BCUT2D eigenvalue weighted by molar-refractivity contribution is 6.17. The molecule has 0 unspecified atom stereocenters. The molecular formula is C17H19ClO2. The smallest absolute Gasteiger partial charge is 0.119 e. The van der Waals surface area contributed by atoms with Crippen LogP contribution in [0.2, 0.25) is 0 Å². The minimum absolute atomic E-state index is 0.629. The molecule has 0 heterocycles. The van der Waals surface area contributed by atoms with Gasteiger partial charge in [0.1, 0.15) is 11.5 Å². The molecule has 0 aliphatic heterocycles. The van der Waals surface area contributed by atoms with Gasteiger partial charge in [-0.1, -0.05) is 24.3 Å². The summed E-state index contributed by atoms with van der Waals surface area (Å²) >= 11 is 5.62. The van der Waals surface area contributed by atoms with Crippen LogP contribution in [0, 0.1) is 0 Å². The molecule has 0 fully saturated rings. The Labute approximate surface area is 125 Å². The lowest BCUT2D eigenvalue weighted by Crippen LogP contribution is -1.97. The molecule has 0 aromatic heterocycles. The molecule has 2 nitrogen and oxygen atoms in total. The monoisotopic (exact) mass is 290 g/mol. The van der Waals surface area contributed by atoms with E-state index >= 15 is 0 Å². The van der Waals surface area contributed by atoms with Crippen LogP contribution in [0.1, 0.15) is 13.3 Å². The fourth-order valence-corrected chi connectivity index (χ4v) is 2.01. The average Bonchev–Trinajstić information content (AvgIpc) is 2.49. The zero-order chi connectivity index (χ0) is 14.2. The molecule has 0 spiro atoms. The van der Waals surface area contributed by atoms with Gasteiger partial charge in [-0.2, -0.15) is 0 Å². The first-order chi connectivity index (χ1) is 9.83. The highest BCUT2D eigenvalue weighted by Gasteiger charge is 2.00. The van der Waals surface area contributed by atoms with E-state index < -0.39 is 0 Å². The van der Waals surface area contributed by atoms with Crippen LogP contribution in [-0.2, 0) is 0 Å². The van der Waals surface area contributed by atoms with E-state index in [9.17, 15) is 0 Å². The van der Waals surface area contributed by atoms with Crippen molar-refractivity contribution in [3.05, 3.63) is 48.5 Å². The van der Waals surface area contributed by atoms with Crippen molar-refractivity contribution in [1.82, 2.24) is 0 Å². The van der Waals surface area contributed by atoms with E-state index in [-0.39, 0.29) is 0 Å². The summed E-state index contributed by atoms with van der Waals surface area (Å²) in [5.74, 6) is 2.41. The summed E-state index contributed by atoms with van der Waals surface area (Å²) in [5.41, 5.74) is 2.33. The molecule has 2 aromatic carbocycles. The maximum atomic E-state index is 5.62. The van der Waals surface area contributed by atoms with Gasteiger partial charge in [0.15, 0.2) is 0 Å². The normalized spacial score (nSPS) is 10.3. The number of benzene rings is 2. The highest BCUT2D eigenvalue weighted by Crippen LogP contribution is 2.24. The van der Waals surface area contributed by atoms with E-state index in [2.05, 4.69) is 24.3 Å². The standard InChI is InChI=1S/C17H19ClO2/c1-2-19-16-8-4-14(5-9-16)15-6-10-17(11-7-15)20-13-3-12-18/h4-11H,2-3,12-13H2,1H3. The van der Waals surface area contributed by atoms with Gasteiger partial charge in [0.25, 0.3) is 0 Å². The lowest BCUT2D eigenvalue weighted by Gasteiger charge is -2.07. The van der Waals surface area contributed by atoms with E-state index in [0.29, 0.717) is 19.1 Å². The zero-order valence-electron chi connectivity index (χ0n) is 11.6. The molecule has 3 heteroatoms. The second kappa shape index (κ2) is 7.81. The molecule has 0 saturated carbocycles. The molecular weight excluding hydrogens is 272 g/mol. The summed E-state index contributed by atoms with van der Waals surface area (Å²) in [6, 6.07) is 16.2. The topological polar surface area (TPSA) is 18.5 Å². The van der Waals surface area contributed by atoms with Gasteiger partial charge < -0.3 is 9.47 Å². The Hall–Kier alpha value is -1.67. The van der Waals surface area contributed by atoms with Gasteiger partial charge in [-0.25, -0.2) is 0 Å². The van der Waals surface area contributed by atoms with Crippen molar-refractivity contribution < 1.29 is 9.47 Å². The molecule has 0 radical (unpaired) electrons. The molecule has 0 bridgehead atoms. The predicted molar refractivity (Wildman–Crippen MR) is 83.9 cm³/mol. The van der Waals surface area contributed by atoms with E-state index in [1.165, 1.54) is 5.56 Å². The summed E-state index contributed by atoms with van der Waals surface area (Å²) in [7, 11) is 0. The molecule has 0 saturated heterocycles. The Morgan fingerprint density at radius 3 is 1.75 bits per heavy atom. The van der Waals surface area contributed by atoms with Gasteiger partial charge in [0.2, 0.25) is 0 Å². The first-order valence-electron chi connectivity index (χ1n) is 6.85. The Morgan fingerprint density at radius 1 is 0.800 bits per heavy atom. The molecule has 0 N–H and O–H groups in total. The summed E-state index contributed by atoms with van der Waals surface area (Å²) in [6.07, 6.45) is 0.863. The second-order valence-corrected chi connectivity index (χ2v) is 4.75. The van der Waals surface area contributed by atoms with Crippen LogP contribution in [0.4, 0.5) is 0 Å². The third kappa shape index (κ3) is 4.17. The van der Waals surface area contributed by atoms with Crippen LogP contribution >= 0.6 is 11.6 Å². The molecule has 106 valence electrons. The van der Waals surface area contributed by atoms with Gasteiger partial charge in [0, 0.05) is 5.88 Å². The third-order valence-electron chi connectivity index (χ3n) is 2.90. The Kier molecular flexibility index (Phi) is 5.75. The van der Waals surface area contributed by atoms with E-state index in [0.717, 1.165) is 23.5 Å². The Balaban J connectivity index is 2.01. The highest BCUT2D eigenvalue weighted by atomic mass is 35.5. The lowest BCUT2D eigenvalue weighted by molar-refractivity contribution is 0.318. The van der Waals surface area contributed by atoms with Crippen molar-refractivity contribution in [3.8, 4) is 22.6 Å². The fourth-order valence-electron chi connectivity index (χ4n) is 1.90. The summed E-state index contributed by atoms with van der Waals surface area (Å²) in [5, 5.41) is 0. The van der Waals surface area contributed by atoms with Crippen molar-refractivity contribution >= 4 is 11.6 Å². The van der Waals surface area contributed by atoms with Crippen molar-refractivity contribution in [2.45, 2.75) is 13.3 Å². The second-order valence-electron chi connectivity index (χ2n) is 4.37. The summed E-state index contributed by atoms with van der Waals surface area (Å²) < 4.78 is 11.0. The number of hydrogen-bond donors (Lipinski definition) is 0. The molecule has 20 heavy (non-hydrogen) atoms. The summed E-state index contributed by atoms with van der Waals surface area (Å²) in [6.45, 7) is 3.33. The third-order valence-corrected chi connectivity index (χ3v) is 3.17. The lowest BCUT2D eigenvalue weighted by atomic mass is 10.1. The number of rotatable bonds is 7. The maximum Gasteiger partial charge on any atom is 0.119 e. The van der Waals surface area contributed by atoms with E-state index in [4.69, 9.17) is 21.1 Å². The molecule has 0 atom stereocenters. The van der Waals surface area contributed by atoms with Gasteiger partial charge in [0.05, 0.1) is 13.2 Å². The van der Waals surface area contributed by atoms with Gasteiger partial charge in [-0.05, 0) is 48.7 Å². The fraction of sp³-hybridized carbons (Fsp3) is 0.294. The minimum Gasteiger partial charge on any atom is -0.494 e. The Bertz CT molecular complexity index is 506. The Morgan fingerprint density at radius 2 is 1.30 bits per heavy atom. The van der Waals surface area contributed by atoms with Crippen molar-refractivity contribution in [3.63, 3.8) is 0 Å². The summed E-state index contributed by atoms with van der Waals surface area (Å²) in [4.78, 5) is 0. The van der Waals surface area contributed by atoms with Crippen molar-refractivity contribution in [2.75, 3.05) is 19.1 Å². The van der Waals surface area contributed by atoms with Crippen LogP contribution in [0.3, 0.4) is 0 Å². The zero-order valence-corrected chi connectivity index (χ0v) is 12.4. The molecule has 0 aliphatic carbocycles. The first-order valence-corrected chi connectivity index (χ1v) is 7.39. The van der Waals surface area contributed by atoms with Crippen LogP contribution in [0.25, 0.3) is 11.1 Å². The number of alkyl halides is 1.